The first kappa shape index (κ1) is 8.97. The number of rotatable bonds is 3. The first-order valence-electron chi connectivity index (χ1n) is 2.74. The Bertz CT molecular complexity index is 172. The maximum Gasteiger partial charge on any atom is 0.324 e. The standard InChI is InChI=1S/C5H9N3O2/c1-3(9)5(6)4(10)2-8-7/h2-3,5,9H,6H2,1H3/t3?,5-/m0/s1. The van der Waals surface area contributed by atoms with Crippen LogP contribution in [0.4, 0.5) is 0 Å². The molecule has 0 aromatic rings. The van der Waals surface area contributed by atoms with Crippen molar-refractivity contribution in [3.05, 3.63) is 5.53 Å². The third-order valence-corrected chi connectivity index (χ3v) is 1.03. The van der Waals surface area contributed by atoms with Gasteiger partial charge in [-0.15, -0.1) is 0 Å². The smallest absolute Gasteiger partial charge is 0.324 e. The van der Waals surface area contributed by atoms with E-state index in [0.29, 0.717) is 6.21 Å². The zero-order chi connectivity index (χ0) is 8.15. The molecule has 10 heavy (non-hydrogen) atoms. The predicted octanol–water partition coefficient (Wildman–Crippen LogP) is -1.44. The number of nitrogens with zero attached hydrogens (tertiary/aromatic N) is 2. The highest BCUT2D eigenvalue weighted by atomic mass is 16.3. The molecule has 0 heterocycles. The molecule has 2 atom stereocenters. The van der Waals surface area contributed by atoms with Crippen LogP contribution in [0.1, 0.15) is 6.92 Å². The highest BCUT2D eigenvalue weighted by Gasteiger charge is 2.19. The van der Waals surface area contributed by atoms with E-state index in [-0.39, 0.29) is 0 Å². The summed E-state index contributed by atoms with van der Waals surface area (Å²) in [5.41, 5.74) is 13.0. The molecule has 0 spiro atoms. The Morgan fingerprint density at radius 3 is 2.70 bits per heavy atom. The van der Waals surface area contributed by atoms with Crippen molar-refractivity contribution in [1.29, 1.82) is 0 Å². The molecular weight excluding hydrogens is 134 g/mol. The normalized spacial score (nSPS) is 15.1. The molecule has 0 saturated carbocycles. The van der Waals surface area contributed by atoms with Crippen LogP contribution in [0, 0.1) is 0 Å². The van der Waals surface area contributed by atoms with E-state index in [1.807, 2.05) is 0 Å². The van der Waals surface area contributed by atoms with Crippen LogP contribution in [0.15, 0.2) is 0 Å². The molecule has 1 unspecified atom stereocenters. The Morgan fingerprint density at radius 2 is 2.40 bits per heavy atom. The molecule has 0 rings (SSSR count). The SMILES string of the molecule is CC(O)[C@H](N)C(=O)C=[N+]=[N-]. The lowest BCUT2D eigenvalue weighted by Crippen LogP contribution is -2.40. The van der Waals surface area contributed by atoms with Crippen LogP contribution in [0.2, 0.25) is 0 Å². The lowest BCUT2D eigenvalue weighted by Gasteiger charge is -2.06. The number of aliphatic hydroxyl groups excluding tert-OH is 1. The highest BCUT2D eigenvalue weighted by Crippen LogP contribution is 1.86. The molecule has 0 amide bonds. The van der Waals surface area contributed by atoms with Gasteiger partial charge < -0.3 is 16.4 Å². The molecule has 5 nitrogen and oxygen atoms in total. The molecule has 0 aromatic carbocycles. The zero-order valence-electron chi connectivity index (χ0n) is 5.56. The number of aliphatic hydroxyl groups is 1. The molecule has 0 radical (unpaired) electrons. The third-order valence-electron chi connectivity index (χ3n) is 1.03. The first-order chi connectivity index (χ1) is 4.59. The van der Waals surface area contributed by atoms with Gasteiger partial charge in [-0.1, -0.05) is 0 Å². The fourth-order valence-electron chi connectivity index (χ4n) is 0.381. The minimum absolute atomic E-state index is 0.600. The average Bonchev–Trinajstić information content (AvgIpc) is 1.87. The van der Waals surface area contributed by atoms with Crippen LogP contribution in [-0.4, -0.2) is 34.0 Å². The van der Waals surface area contributed by atoms with Gasteiger partial charge in [0.2, 0.25) is 0 Å². The van der Waals surface area contributed by atoms with E-state index < -0.39 is 17.9 Å². The molecule has 0 aliphatic heterocycles. The van der Waals surface area contributed by atoms with Crippen molar-refractivity contribution in [3.8, 4) is 0 Å². The third kappa shape index (κ3) is 2.50. The molecule has 0 fully saturated rings. The molecule has 0 aliphatic carbocycles. The number of carbonyl (C=O) groups excluding carboxylic acids is 1. The number of hydrogen-bond acceptors (Lipinski definition) is 3. The minimum Gasteiger partial charge on any atom is -0.391 e. The molecule has 56 valence electrons. The lowest BCUT2D eigenvalue weighted by atomic mass is 10.1. The predicted molar refractivity (Wildman–Crippen MR) is 34.3 cm³/mol. The number of hydrogen-bond donors (Lipinski definition) is 2. The summed E-state index contributed by atoms with van der Waals surface area (Å²) < 4.78 is 0. The van der Waals surface area contributed by atoms with Crippen LogP contribution in [0.5, 0.6) is 0 Å². The maximum atomic E-state index is 10.6. The Labute approximate surface area is 58.1 Å². The molecular formula is C5H9N3O2. The van der Waals surface area contributed by atoms with Gasteiger partial charge >= 0.3 is 6.21 Å². The quantitative estimate of drug-likeness (QED) is 0.287. The Balaban J connectivity index is 4.07. The number of ketones is 1. The van der Waals surface area contributed by atoms with Crippen LogP contribution < -0.4 is 5.73 Å². The van der Waals surface area contributed by atoms with Crippen molar-refractivity contribution in [2.24, 2.45) is 5.73 Å². The summed E-state index contributed by atoms with van der Waals surface area (Å²) in [7, 11) is 0. The van der Waals surface area contributed by atoms with E-state index in [2.05, 4.69) is 4.79 Å². The minimum atomic E-state index is -1.00. The van der Waals surface area contributed by atoms with E-state index in [4.69, 9.17) is 16.4 Å². The van der Waals surface area contributed by atoms with Crippen molar-refractivity contribution >= 4 is 12.0 Å². The second-order valence-electron chi connectivity index (χ2n) is 1.91. The molecule has 5 heteroatoms. The van der Waals surface area contributed by atoms with E-state index >= 15 is 0 Å². The van der Waals surface area contributed by atoms with Gasteiger partial charge in [-0.25, -0.2) is 0 Å². The van der Waals surface area contributed by atoms with E-state index in [9.17, 15) is 4.79 Å². The van der Waals surface area contributed by atoms with Crippen molar-refractivity contribution in [1.82, 2.24) is 0 Å². The summed E-state index contributed by atoms with van der Waals surface area (Å²) in [6.45, 7) is 1.38. The Kier molecular flexibility index (Phi) is 3.49. The van der Waals surface area contributed by atoms with E-state index in [1.165, 1.54) is 6.92 Å². The zero-order valence-corrected chi connectivity index (χ0v) is 5.56. The fourth-order valence-corrected chi connectivity index (χ4v) is 0.381. The second-order valence-corrected chi connectivity index (χ2v) is 1.91. The van der Waals surface area contributed by atoms with E-state index in [0.717, 1.165) is 0 Å². The van der Waals surface area contributed by atoms with Crippen molar-refractivity contribution in [3.63, 3.8) is 0 Å². The molecule has 0 saturated heterocycles. The molecule has 3 N–H and O–H groups in total. The fraction of sp³-hybridized carbons (Fsp3) is 0.600. The topological polar surface area (TPSA) is 99.7 Å². The van der Waals surface area contributed by atoms with Crippen LogP contribution >= 0.6 is 0 Å². The number of carbonyl (C=O) groups is 1. The Hall–Kier alpha value is -1.03. The van der Waals surface area contributed by atoms with Crippen molar-refractivity contribution in [2.75, 3.05) is 0 Å². The van der Waals surface area contributed by atoms with Gasteiger partial charge in [-0.3, -0.25) is 4.79 Å². The van der Waals surface area contributed by atoms with Gasteiger partial charge in [-0.05, 0) is 6.92 Å². The van der Waals surface area contributed by atoms with Crippen molar-refractivity contribution < 1.29 is 14.7 Å². The van der Waals surface area contributed by atoms with Gasteiger partial charge in [0.15, 0.2) is 0 Å². The molecule has 0 bridgehead atoms. The van der Waals surface area contributed by atoms with E-state index in [1.54, 1.807) is 0 Å². The number of Topliss-reactive ketones (excluding diaryl/α,β-unsaturated/α-hetero) is 1. The summed E-state index contributed by atoms with van der Waals surface area (Å²) in [5.74, 6) is -0.600. The second kappa shape index (κ2) is 3.90. The summed E-state index contributed by atoms with van der Waals surface area (Å²) >= 11 is 0. The maximum absolute atomic E-state index is 10.6. The van der Waals surface area contributed by atoms with Crippen LogP contribution in [0.3, 0.4) is 0 Å². The van der Waals surface area contributed by atoms with Gasteiger partial charge in [0.1, 0.15) is 6.04 Å². The molecule has 0 aromatic heterocycles. The van der Waals surface area contributed by atoms with Crippen LogP contribution in [-0.2, 0) is 4.79 Å². The summed E-state index contributed by atoms with van der Waals surface area (Å²) in [5, 5.41) is 8.73. The van der Waals surface area contributed by atoms with Crippen LogP contribution in [0.25, 0.3) is 5.53 Å². The summed E-state index contributed by atoms with van der Waals surface area (Å²) in [6, 6.07) is -1.00. The summed E-state index contributed by atoms with van der Waals surface area (Å²) in [4.78, 5) is 13.1. The average molecular weight is 143 g/mol. The Morgan fingerprint density at radius 1 is 1.90 bits per heavy atom. The van der Waals surface area contributed by atoms with Gasteiger partial charge in [0.25, 0.3) is 5.78 Å². The van der Waals surface area contributed by atoms with Gasteiger partial charge in [-0.2, -0.15) is 4.79 Å². The first-order valence-corrected chi connectivity index (χ1v) is 2.74. The largest absolute Gasteiger partial charge is 0.391 e. The lowest BCUT2D eigenvalue weighted by molar-refractivity contribution is -0.119. The van der Waals surface area contributed by atoms with Gasteiger partial charge in [0, 0.05) is 0 Å². The van der Waals surface area contributed by atoms with Crippen molar-refractivity contribution in [2.45, 2.75) is 19.1 Å². The number of nitrogens with two attached hydrogens (primary N) is 1. The monoisotopic (exact) mass is 143 g/mol. The van der Waals surface area contributed by atoms with Gasteiger partial charge in [0.05, 0.1) is 6.10 Å². The summed E-state index contributed by atoms with van der Waals surface area (Å²) in [6.07, 6.45) is -0.261. The highest BCUT2D eigenvalue weighted by molar-refractivity contribution is 6.27. The molecule has 0 aliphatic rings.